The van der Waals surface area contributed by atoms with Crippen LogP contribution in [0.4, 0.5) is 0 Å². The number of allylic oxidation sites excluding steroid dienone is 1. The van der Waals surface area contributed by atoms with Gasteiger partial charge in [0.1, 0.15) is 0 Å². The van der Waals surface area contributed by atoms with Gasteiger partial charge in [-0.15, -0.1) is 0 Å². The molecule has 2 rings (SSSR count). The highest BCUT2D eigenvalue weighted by Crippen LogP contribution is 2.30. The first-order valence-corrected chi connectivity index (χ1v) is 4.70. The fraction of sp³-hybridized carbons (Fsp3) is 0.333. The van der Waals surface area contributed by atoms with Crippen LogP contribution in [0.15, 0.2) is 29.8 Å². The number of rotatable bonds is 1. The summed E-state index contributed by atoms with van der Waals surface area (Å²) in [6.45, 7) is 2.31. The first-order valence-electron chi connectivity index (χ1n) is 4.70. The number of aliphatic hydroxyl groups excluding tert-OH is 1. The van der Waals surface area contributed by atoms with Crippen LogP contribution in [0.25, 0.3) is 5.57 Å². The van der Waals surface area contributed by atoms with Gasteiger partial charge < -0.3 is 5.11 Å². The smallest absolute Gasteiger partial charge is 0.0647 e. The van der Waals surface area contributed by atoms with Crippen molar-refractivity contribution in [3.05, 3.63) is 41.0 Å². The minimum absolute atomic E-state index is 0.208. The third-order valence-electron chi connectivity index (χ3n) is 2.84. The summed E-state index contributed by atoms with van der Waals surface area (Å²) in [5, 5.41) is 9.13. The number of benzene rings is 1. The molecule has 0 amide bonds. The molecule has 0 unspecified atom stereocenters. The van der Waals surface area contributed by atoms with Crippen LogP contribution in [0.5, 0.6) is 0 Å². The molecular formula is C12H14O. The third kappa shape index (κ3) is 1.40. The van der Waals surface area contributed by atoms with E-state index in [4.69, 9.17) is 5.11 Å². The molecule has 0 aromatic heterocycles. The molecule has 1 N–H and O–H groups in total. The summed E-state index contributed by atoms with van der Waals surface area (Å²) in [5.41, 5.74) is 5.19. The third-order valence-corrected chi connectivity index (χ3v) is 2.84. The second kappa shape index (κ2) is 3.35. The summed E-state index contributed by atoms with van der Waals surface area (Å²) >= 11 is 0. The topological polar surface area (TPSA) is 20.2 Å². The van der Waals surface area contributed by atoms with Crippen molar-refractivity contribution >= 4 is 5.57 Å². The molecule has 1 aliphatic rings. The van der Waals surface area contributed by atoms with E-state index in [0.717, 1.165) is 12.8 Å². The van der Waals surface area contributed by atoms with Crippen molar-refractivity contribution in [2.24, 2.45) is 0 Å². The van der Waals surface area contributed by atoms with E-state index in [9.17, 15) is 0 Å². The molecule has 0 saturated heterocycles. The van der Waals surface area contributed by atoms with E-state index in [2.05, 4.69) is 31.2 Å². The van der Waals surface area contributed by atoms with Crippen molar-refractivity contribution < 1.29 is 5.11 Å². The first-order chi connectivity index (χ1) is 6.33. The summed E-state index contributed by atoms with van der Waals surface area (Å²) in [4.78, 5) is 0. The molecule has 1 aromatic carbocycles. The minimum atomic E-state index is 0.208. The molecule has 1 aromatic rings. The zero-order valence-electron chi connectivity index (χ0n) is 7.88. The van der Waals surface area contributed by atoms with Crippen molar-refractivity contribution in [2.45, 2.75) is 19.8 Å². The van der Waals surface area contributed by atoms with Gasteiger partial charge in [-0.05, 0) is 42.0 Å². The van der Waals surface area contributed by atoms with Crippen molar-refractivity contribution in [3.63, 3.8) is 0 Å². The fourth-order valence-electron chi connectivity index (χ4n) is 1.97. The maximum atomic E-state index is 9.13. The van der Waals surface area contributed by atoms with Crippen LogP contribution < -0.4 is 0 Å². The molecular weight excluding hydrogens is 160 g/mol. The Hall–Kier alpha value is -1.08. The summed E-state index contributed by atoms with van der Waals surface area (Å²) in [6, 6.07) is 8.45. The summed E-state index contributed by atoms with van der Waals surface area (Å²) in [5.74, 6) is 0. The molecule has 1 nitrogen and oxygen atoms in total. The molecule has 0 bridgehead atoms. The zero-order valence-corrected chi connectivity index (χ0v) is 7.88. The highest BCUT2D eigenvalue weighted by Gasteiger charge is 2.13. The Kier molecular flexibility index (Phi) is 2.19. The molecule has 1 aliphatic carbocycles. The van der Waals surface area contributed by atoms with Gasteiger partial charge in [0.25, 0.3) is 0 Å². The molecule has 0 aliphatic heterocycles. The lowest BCUT2D eigenvalue weighted by molar-refractivity contribution is 0.326. The lowest BCUT2D eigenvalue weighted by Crippen LogP contribution is -2.05. The number of aryl methyl sites for hydroxylation is 1. The quantitative estimate of drug-likeness (QED) is 0.693. The lowest BCUT2D eigenvalue weighted by Gasteiger charge is -2.19. The molecule has 0 fully saturated rings. The highest BCUT2D eigenvalue weighted by atomic mass is 16.3. The molecule has 1 heteroatoms. The maximum absolute atomic E-state index is 9.13. The van der Waals surface area contributed by atoms with Gasteiger partial charge in [0, 0.05) is 0 Å². The molecule has 0 heterocycles. The van der Waals surface area contributed by atoms with Crippen LogP contribution in [0.2, 0.25) is 0 Å². The number of fused-ring (bicyclic) bond motifs is 1. The van der Waals surface area contributed by atoms with Gasteiger partial charge >= 0.3 is 0 Å². The van der Waals surface area contributed by atoms with Crippen LogP contribution in [0, 0.1) is 0 Å². The molecule has 0 saturated carbocycles. The second-order valence-electron chi connectivity index (χ2n) is 3.54. The van der Waals surface area contributed by atoms with E-state index >= 15 is 0 Å². The van der Waals surface area contributed by atoms with Gasteiger partial charge in [-0.1, -0.05) is 24.3 Å². The molecule has 0 atom stereocenters. The molecule has 13 heavy (non-hydrogen) atoms. The van der Waals surface area contributed by atoms with Crippen LogP contribution in [-0.2, 0) is 6.42 Å². The Morgan fingerprint density at radius 1 is 1.23 bits per heavy atom. The van der Waals surface area contributed by atoms with Crippen molar-refractivity contribution in [3.8, 4) is 0 Å². The van der Waals surface area contributed by atoms with Gasteiger partial charge in [0.2, 0.25) is 0 Å². The summed E-state index contributed by atoms with van der Waals surface area (Å²) in [6.07, 6.45) is 2.09. The Morgan fingerprint density at radius 2 is 2.00 bits per heavy atom. The van der Waals surface area contributed by atoms with E-state index in [1.807, 2.05) is 0 Å². The predicted molar refractivity (Wildman–Crippen MR) is 54.4 cm³/mol. The number of hydrogen-bond donors (Lipinski definition) is 1. The van der Waals surface area contributed by atoms with Gasteiger partial charge in [0.15, 0.2) is 0 Å². The van der Waals surface area contributed by atoms with Crippen LogP contribution in [-0.4, -0.2) is 11.7 Å². The monoisotopic (exact) mass is 174 g/mol. The molecule has 68 valence electrons. The highest BCUT2D eigenvalue weighted by molar-refractivity contribution is 5.71. The van der Waals surface area contributed by atoms with Gasteiger partial charge in [-0.2, -0.15) is 0 Å². The fourth-order valence-corrected chi connectivity index (χ4v) is 1.97. The number of aliphatic hydroxyl groups is 1. The van der Waals surface area contributed by atoms with E-state index in [0.29, 0.717) is 0 Å². The summed E-state index contributed by atoms with van der Waals surface area (Å²) < 4.78 is 0. The van der Waals surface area contributed by atoms with E-state index in [-0.39, 0.29) is 6.61 Å². The van der Waals surface area contributed by atoms with Crippen LogP contribution >= 0.6 is 0 Å². The normalized spacial score (nSPS) is 15.8. The Balaban J connectivity index is 2.52. The van der Waals surface area contributed by atoms with E-state index in [1.165, 1.54) is 22.3 Å². The van der Waals surface area contributed by atoms with Crippen molar-refractivity contribution in [1.29, 1.82) is 0 Å². The van der Waals surface area contributed by atoms with Crippen LogP contribution in [0.1, 0.15) is 24.5 Å². The Bertz CT molecular complexity index is 350. The van der Waals surface area contributed by atoms with Gasteiger partial charge in [0.05, 0.1) is 6.61 Å². The molecule has 0 radical (unpaired) electrons. The van der Waals surface area contributed by atoms with Crippen molar-refractivity contribution in [1.82, 2.24) is 0 Å². The zero-order chi connectivity index (χ0) is 9.26. The van der Waals surface area contributed by atoms with Crippen LogP contribution in [0.3, 0.4) is 0 Å². The van der Waals surface area contributed by atoms with E-state index < -0.39 is 0 Å². The average molecular weight is 174 g/mol. The Morgan fingerprint density at radius 3 is 2.77 bits per heavy atom. The Labute approximate surface area is 78.7 Å². The van der Waals surface area contributed by atoms with E-state index in [1.54, 1.807) is 0 Å². The standard InChI is InChI=1S/C12H14O/c1-9-11(8-13)7-6-10-4-2-3-5-12(9)10/h2-5,13H,6-8H2,1H3. The number of hydrogen-bond acceptors (Lipinski definition) is 1. The first kappa shape index (κ1) is 8.52. The van der Waals surface area contributed by atoms with Gasteiger partial charge in [-0.25, -0.2) is 0 Å². The second-order valence-corrected chi connectivity index (χ2v) is 3.54. The minimum Gasteiger partial charge on any atom is -0.392 e. The summed E-state index contributed by atoms with van der Waals surface area (Å²) in [7, 11) is 0. The maximum Gasteiger partial charge on any atom is 0.0647 e. The van der Waals surface area contributed by atoms with Gasteiger partial charge in [-0.3, -0.25) is 0 Å². The largest absolute Gasteiger partial charge is 0.392 e. The lowest BCUT2D eigenvalue weighted by atomic mass is 9.87. The average Bonchev–Trinajstić information content (AvgIpc) is 2.19. The SMILES string of the molecule is CC1=C(CO)CCc2ccccc21. The predicted octanol–water partition coefficient (Wildman–Crippen LogP) is 2.40. The van der Waals surface area contributed by atoms with Crippen molar-refractivity contribution in [2.75, 3.05) is 6.61 Å². The molecule has 0 spiro atoms.